The monoisotopic (exact) mass is 422 g/mol. The highest BCUT2D eigenvalue weighted by atomic mass is 79.9. The van der Waals surface area contributed by atoms with Gasteiger partial charge in [0.2, 0.25) is 4.73 Å². The van der Waals surface area contributed by atoms with Gasteiger partial charge in [0, 0.05) is 11.9 Å². The van der Waals surface area contributed by atoms with E-state index in [4.69, 9.17) is 11.6 Å². The van der Waals surface area contributed by atoms with Crippen LogP contribution in [0.4, 0.5) is 5.69 Å². The lowest BCUT2D eigenvalue weighted by molar-refractivity contribution is 0.102. The summed E-state index contributed by atoms with van der Waals surface area (Å²) in [6.07, 6.45) is 0. The average molecular weight is 424 g/mol. The van der Waals surface area contributed by atoms with Gasteiger partial charge in [-0.1, -0.05) is 35.9 Å². The number of hydrogen-bond donors (Lipinski definition) is 1. The van der Waals surface area contributed by atoms with Crippen molar-refractivity contribution in [1.29, 1.82) is 0 Å². The maximum Gasteiger partial charge on any atom is 0.257 e. The maximum absolute atomic E-state index is 12.5. The molecule has 1 amide bonds. The first-order chi connectivity index (χ1) is 11.5. The van der Waals surface area contributed by atoms with Crippen LogP contribution in [0.25, 0.3) is 0 Å². The number of rotatable bonds is 4. The molecule has 8 heteroatoms. The van der Waals surface area contributed by atoms with E-state index in [0.717, 1.165) is 4.90 Å². The summed E-state index contributed by atoms with van der Waals surface area (Å²) >= 11 is 10.8. The molecule has 0 fully saturated rings. The summed E-state index contributed by atoms with van der Waals surface area (Å²) in [5.74, 6) is -0.257. The summed E-state index contributed by atoms with van der Waals surface area (Å²) in [7, 11) is 1.81. The quantitative estimate of drug-likeness (QED) is 0.664. The van der Waals surface area contributed by atoms with Gasteiger partial charge < -0.3 is 5.32 Å². The van der Waals surface area contributed by atoms with Crippen molar-refractivity contribution in [3.8, 4) is 0 Å². The molecule has 2 aromatic carbocycles. The van der Waals surface area contributed by atoms with Gasteiger partial charge in [0.05, 0.1) is 16.3 Å². The first-order valence-corrected chi connectivity index (χ1v) is 8.92. The van der Waals surface area contributed by atoms with Crippen molar-refractivity contribution >= 4 is 50.9 Å². The van der Waals surface area contributed by atoms with Crippen molar-refractivity contribution in [3.63, 3.8) is 0 Å². The molecule has 122 valence electrons. The number of aromatic nitrogens is 3. The number of carbonyl (C=O) groups is 1. The Labute approximate surface area is 156 Å². The zero-order valence-electron chi connectivity index (χ0n) is 12.5. The molecule has 24 heavy (non-hydrogen) atoms. The number of benzene rings is 2. The van der Waals surface area contributed by atoms with E-state index in [1.807, 2.05) is 31.3 Å². The molecule has 0 saturated carbocycles. The fourth-order valence-electron chi connectivity index (χ4n) is 2.02. The molecule has 0 saturated heterocycles. The van der Waals surface area contributed by atoms with Crippen LogP contribution in [-0.2, 0) is 7.05 Å². The number of amides is 1. The van der Waals surface area contributed by atoms with Crippen molar-refractivity contribution in [2.75, 3.05) is 5.32 Å². The molecular weight excluding hydrogens is 412 g/mol. The molecule has 0 aliphatic heterocycles. The minimum atomic E-state index is -0.257. The van der Waals surface area contributed by atoms with Gasteiger partial charge in [0.15, 0.2) is 5.16 Å². The molecule has 1 heterocycles. The number of carbonyl (C=O) groups excluding carboxylic acids is 1. The van der Waals surface area contributed by atoms with Crippen LogP contribution in [0.3, 0.4) is 0 Å². The molecular formula is C16H12BrClN4OS. The lowest BCUT2D eigenvalue weighted by Crippen LogP contribution is -2.13. The fourth-order valence-corrected chi connectivity index (χ4v) is 3.64. The van der Waals surface area contributed by atoms with Crippen molar-refractivity contribution in [2.24, 2.45) is 7.05 Å². The Morgan fingerprint density at radius 2 is 1.92 bits per heavy atom. The van der Waals surface area contributed by atoms with Crippen LogP contribution < -0.4 is 5.32 Å². The molecule has 1 N–H and O–H groups in total. The van der Waals surface area contributed by atoms with E-state index in [0.29, 0.717) is 26.2 Å². The Hall–Kier alpha value is -1.83. The Morgan fingerprint density at radius 1 is 1.21 bits per heavy atom. The van der Waals surface area contributed by atoms with Crippen LogP contribution in [0, 0.1) is 0 Å². The van der Waals surface area contributed by atoms with Gasteiger partial charge in [-0.15, -0.1) is 5.10 Å². The predicted molar refractivity (Wildman–Crippen MR) is 98.7 cm³/mol. The molecule has 3 rings (SSSR count). The Bertz CT molecular complexity index is 899. The lowest BCUT2D eigenvalue weighted by Gasteiger charge is -2.11. The van der Waals surface area contributed by atoms with Crippen LogP contribution in [0.15, 0.2) is 63.3 Å². The second-order valence-electron chi connectivity index (χ2n) is 4.82. The van der Waals surface area contributed by atoms with Gasteiger partial charge in [-0.3, -0.25) is 4.79 Å². The highest BCUT2D eigenvalue weighted by Crippen LogP contribution is 2.33. The summed E-state index contributed by atoms with van der Waals surface area (Å²) in [5.41, 5.74) is 1.12. The zero-order valence-corrected chi connectivity index (χ0v) is 15.7. The van der Waals surface area contributed by atoms with Crippen LogP contribution in [0.2, 0.25) is 5.02 Å². The molecule has 0 aliphatic carbocycles. The van der Waals surface area contributed by atoms with Crippen LogP contribution >= 0.6 is 39.3 Å². The predicted octanol–water partition coefficient (Wildman–Crippen LogP) is 4.63. The van der Waals surface area contributed by atoms with Crippen LogP contribution in [0.1, 0.15) is 10.4 Å². The van der Waals surface area contributed by atoms with Gasteiger partial charge in [-0.05, 0) is 52.0 Å². The van der Waals surface area contributed by atoms with E-state index >= 15 is 0 Å². The second kappa shape index (κ2) is 7.38. The summed E-state index contributed by atoms with van der Waals surface area (Å²) in [6.45, 7) is 0. The molecule has 0 spiro atoms. The molecule has 0 atom stereocenters. The number of anilines is 1. The van der Waals surface area contributed by atoms with E-state index in [-0.39, 0.29) is 5.91 Å². The summed E-state index contributed by atoms with van der Waals surface area (Å²) in [4.78, 5) is 17.6. The van der Waals surface area contributed by atoms with Crippen molar-refractivity contribution in [1.82, 2.24) is 14.8 Å². The number of aryl methyl sites for hydroxylation is 1. The smallest absolute Gasteiger partial charge is 0.257 e. The maximum atomic E-state index is 12.5. The van der Waals surface area contributed by atoms with Crippen molar-refractivity contribution in [2.45, 2.75) is 10.1 Å². The van der Waals surface area contributed by atoms with E-state index in [2.05, 4.69) is 31.3 Å². The number of hydrogen-bond acceptors (Lipinski definition) is 4. The van der Waals surface area contributed by atoms with Gasteiger partial charge in [-0.25, -0.2) is 4.68 Å². The standard InChI is InChI=1S/C16H12BrClN4OS/c1-22-16(20-15(17)21-22)24-13-9-5-4-8-12(13)19-14(23)10-6-2-3-7-11(10)18/h2-9H,1H3,(H,19,23). The number of para-hydroxylation sites is 1. The molecule has 0 aliphatic rings. The molecule has 0 unspecified atom stereocenters. The first-order valence-electron chi connectivity index (χ1n) is 6.94. The summed E-state index contributed by atoms with van der Waals surface area (Å²) in [6, 6.07) is 14.4. The van der Waals surface area contributed by atoms with E-state index in [9.17, 15) is 4.79 Å². The van der Waals surface area contributed by atoms with Gasteiger partial charge in [-0.2, -0.15) is 4.98 Å². The molecule has 1 aromatic heterocycles. The highest BCUT2D eigenvalue weighted by molar-refractivity contribution is 9.10. The Kier molecular flexibility index (Phi) is 5.23. The van der Waals surface area contributed by atoms with Crippen LogP contribution in [-0.4, -0.2) is 20.7 Å². The third-order valence-corrected chi connectivity index (χ3v) is 4.93. The molecule has 3 aromatic rings. The van der Waals surface area contributed by atoms with Gasteiger partial charge in [0.25, 0.3) is 5.91 Å². The van der Waals surface area contributed by atoms with Gasteiger partial charge >= 0.3 is 0 Å². The minimum absolute atomic E-state index is 0.257. The second-order valence-corrected chi connectivity index (χ2v) is 6.94. The number of nitrogens with zero attached hydrogens (tertiary/aromatic N) is 3. The summed E-state index contributed by atoms with van der Waals surface area (Å²) in [5, 5.41) is 8.18. The Morgan fingerprint density at radius 3 is 2.62 bits per heavy atom. The fraction of sp³-hybridized carbons (Fsp3) is 0.0625. The normalized spacial score (nSPS) is 10.6. The van der Waals surface area contributed by atoms with Crippen LogP contribution in [0.5, 0.6) is 0 Å². The topological polar surface area (TPSA) is 59.8 Å². The third kappa shape index (κ3) is 3.80. The molecule has 0 bridgehead atoms. The van der Waals surface area contributed by atoms with E-state index in [1.54, 1.807) is 28.9 Å². The lowest BCUT2D eigenvalue weighted by atomic mass is 10.2. The first kappa shape index (κ1) is 17.0. The average Bonchev–Trinajstić information content (AvgIpc) is 2.87. The van der Waals surface area contributed by atoms with Crippen molar-refractivity contribution < 1.29 is 4.79 Å². The highest BCUT2D eigenvalue weighted by Gasteiger charge is 2.14. The summed E-state index contributed by atoms with van der Waals surface area (Å²) < 4.78 is 2.19. The van der Waals surface area contributed by atoms with E-state index in [1.165, 1.54) is 11.8 Å². The van der Waals surface area contributed by atoms with Crippen molar-refractivity contribution in [3.05, 3.63) is 63.9 Å². The molecule has 0 radical (unpaired) electrons. The third-order valence-electron chi connectivity index (χ3n) is 3.15. The SMILES string of the molecule is Cn1nc(Br)nc1Sc1ccccc1NC(=O)c1ccccc1Cl. The minimum Gasteiger partial charge on any atom is -0.321 e. The van der Waals surface area contributed by atoms with Gasteiger partial charge in [0.1, 0.15) is 0 Å². The number of halogens is 2. The Balaban J connectivity index is 1.86. The largest absolute Gasteiger partial charge is 0.321 e. The molecule has 5 nitrogen and oxygen atoms in total. The number of nitrogens with one attached hydrogen (secondary N) is 1. The van der Waals surface area contributed by atoms with E-state index < -0.39 is 0 Å². The zero-order chi connectivity index (χ0) is 17.1.